The maximum Gasteiger partial charge on any atom is 0.416 e. The topological polar surface area (TPSA) is 54.5 Å². The number of hydrogen-bond acceptors (Lipinski definition) is 3. The van der Waals surface area contributed by atoms with Gasteiger partial charge in [0.1, 0.15) is 17.3 Å². The van der Waals surface area contributed by atoms with Crippen LogP contribution in [0.15, 0.2) is 55.1 Å². The van der Waals surface area contributed by atoms with Crippen LogP contribution in [0.2, 0.25) is 0 Å². The molecule has 0 saturated heterocycles. The minimum Gasteiger partial charge on any atom is -0.346 e. The van der Waals surface area contributed by atoms with Crippen LogP contribution in [0.5, 0.6) is 0 Å². The van der Waals surface area contributed by atoms with Gasteiger partial charge >= 0.3 is 6.18 Å². The van der Waals surface area contributed by atoms with E-state index in [0.29, 0.717) is 12.2 Å². The van der Waals surface area contributed by atoms with Crippen LogP contribution >= 0.6 is 0 Å². The molecule has 1 aromatic carbocycles. The van der Waals surface area contributed by atoms with E-state index in [-0.39, 0.29) is 18.4 Å². The molecule has 4 nitrogen and oxygen atoms in total. The maximum absolute atomic E-state index is 13.8. The van der Waals surface area contributed by atoms with E-state index in [2.05, 4.69) is 19.9 Å². The quantitative estimate of drug-likeness (QED) is 0.486. The Hall–Kier alpha value is -3.29. The highest BCUT2D eigenvalue weighted by molar-refractivity contribution is 5.79. The Morgan fingerprint density at radius 3 is 2.48 bits per heavy atom. The van der Waals surface area contributed by atoms with E-state index in [1.54, 1.807) is 18.6 Å². The van der Waals surface area contributed by atoms with Gasteiger partial charge in [0.05, 0.1) is 5.56 Å². The van der Waals surface area contributed by atoms with Crippen molar-refractivity contribution in [1.29, 1.82) is 0 Å². The number of rotatable bonds is 5. The van der Waals surface area contributed by atoms with Crippen molar-refractivity contribution in [2.45, 2.75) is 25.4 Å². The van der Waals surface area contributed by atoms with Gasteiger partial charge in [-0.3, -0.25) is 0 Å². The molecular formula is C21H16F4N4. The first-order valence-electron chi connectivity index (χ1n) is 8.96. The number of aryl methyl sites for hydroxylation is 2. The summed E-state index contributed by atoms with van der Waals surface area (Å²) >= 11 is 0. The van der Waals surface area contributed by atoms with Crippen LogP contribution in [0.25, 0.3) is 11.0 Å². The largest absolute Gasteiger partial charge is 0.416 e. The molecule has 1 N–H and O–H groups in total. The Balaban J connectivity index is 1.44. The van der Waals surface area contributed by atoms with Crippen LogP contribution in [-0.4, -0.2) is 19.9 Å². The second kappa shape index (κ2) is 7.62. The Bertz CT molecular complexity index is 1130. The number of alkyl halides is 3. The van der Waals surface area contributed by atoms with Gasteiger partial charge in [0, 0.05) is 43.0 Å². The molecule has 4 aromatic rings. The number of nitrogens with zero attached hydrogens (tertiary/aromatic N) is 3. The summed E-state index contributed by atoms with van der Waals surface area (Å²) in [6, 6.07) is 6.27. The third-order valence-corrected chi connectivity index (χ3v) is 4.68. The second-order valence-electron chi connectivity index (χ2n) is 6.70. The van der Waals surface area contributed by atoms with E-state index in [9.17, 15) is 17.6 Å². The monoisotopic (exact) mass is 400 g/mol. The molecule has 0 saturated carbocycles. The Kier molecular flexibility index (Phi) is 5.00. The molecule has 0 amide bonds. The molecule has 0 radical (unpaired) electrons. The van der Waals surface area contributed by atoms with Crippen molar-refractivity contribution in [3.05, 3.63) is 89.0 Å². The van der Waals surface area contributed by atoms with Crippen molar-refractivity contribution in [1.82, 2.24) is 19.9 Å². The summed E-state index contributed by atoms with van der Waals surface area (Å²) in [5, 5.41) is 1.02. The number of halogens is 4. The number of fused-ring (bicyclic) bond motifs is 1. The molecular weight excluding hydrogens is 384 g/mol. The van der Waals surface area contributed by atoms with E-state index in [4.69, 9.17) is 0 Å². The van der Waals surface area contributed by atoms with Crippen LogP contribution < -0.4 is 0 Å². The van der Waals surface area contributed by atoms with Gasteiger partial charge in [-0.1, -0.05) is 0 Å². The van der Waals surface area contributed by atoms with Crippen LogP contribution in [0, 0.1) is 5.82 Å². The lowest BCUT2D eigenvalue weighted by Gasteiger charge is -2.09. The van der Waals surface area contributed by atoms with Gasteiger partial charge in [0.25, 0.3) is 0 Å². The average molecular weight is 400 g/mol. The third kappa shape index (κ3) is 4.26. The van der Waals surface area contributed by atoms with E-state index < -0.39 is 17.6 Å². The lowest BCUT2D eigenvalue weighted by molar-refractivity contribution is -0.137. The van der Waals surface area contributed by atoms with Crippen LogP contribution in [0.3, 0.4) is 0 Å². The fourth-order valence-electron chi connectivity index (χ4n) is 3.17. The summed E-state index contributed by atoms with van der Waals surface area (Å²) < 4.78 is 52.3. The maximum atomic E-state index is 13.8. The predicted octanol–water partition coefficient (Wildman–Crippen LogP) is 4.89. The van der Waals surface area contributed by atoms with Crippen LogP contribution in [0.1, 0.15) is 28.1 Å². The molecule has 8 heteroatoms. The zero-order valence-electron chi connectivity index (χ0n) is 15.2. The molecule has 3 aromatic heterocycles. The van der Waals surface area contributed by atoms with Crippen molar-refractivity contribution >= 4 is 11.0 Å². The SMILES string of the molecule is Fc1ccc(C(F)(F)F)cc1CCc1ncc(Cc2c[nH]c3ncccc23)cn1. The lowest BCUT2D eigenvalue weighted by atomic mass is 10.0. The fourth-order valence-corrected chi connectivity index (χ4v) is 3.17. The molecule has 0 bridgehead atoms. The standard InChI is InChI=1S/C21H16F4N4/c22-18-5-4-16(21(23,24)25)9-14(18)3-6-19-27-10-13(11-28-19)8-15-12-29-20-17(15)2-1-7-26-20/h1-2,4-5,7,9-12H,3,6,8H2,(H,26,29). The van der Waals surface area contributed by atoms with Gasteiger partial charge in [-0.2, -0.15) is 13.2 Å². The van der Waals surface area contributed by atoms with E-state index in [1.807, 2.05) is 18.3 Å². The minimum absolute atomic E-state index is 0.00112. The Morgan fingerprint density at radius 1 is 0.931 bits per heavy atom. The number of pyridine rings is 1. The molecule has 148 valence electrons. The summed E-state index contributed by atoms with van der Waals surface area (Å²) in [5.74, 6) is -0.214. The molecule has 0 atom stereocenters. The number of nitrogens with one attached hydrogen (secondary N) is 1. The van der Waals surface area contributed by atoms with Gasteiger partial charge in [-0.15, -0.1) is 0 Å². The fraction of sp³-hybridized carbons (Fsp3) is 0.190. The van der Waals surface area contributed by atoms with Crippen LogP contribution in [0.4, 0.5) is 17.6 Å². The molecule has 0 fully saturated rings. The molecule has 0 aliphatic heterocycles. The summed E-state index contributed by atoms with van der Waals surface area (Å²) in [4.78, 5) is 15.9. The van der Waals surface area contributed by atoms with E-state index >= 15 is 0 Å². The van der Waals surface area contributed by atoms with E-state index in [1.165, 1.54) is 0 Å². The number of aromatic nitrogens is 4. The zero-order valence-corrected chi connectivity index (χ0v) is 15.2. The van der Waals surface area contributed by atoms with Crippen LogP contribution in [-0.2, 0) is 25.4 Å². The second-order valence-corrected chi connectivity index (χ2v) is 6.70. The zero-order chi connectivity index (χ0) is 20.4. The number of hydrogen-bond donors (Lipinski definition) is 1. The first-order valence-corrected chi connectivity index (χ1v) is 8.96. The van der Waals surface area contributed by atoms with E-state index in [0.717, 1.165) is 40.4 Å². The normalized spacial score (nSPS) is 11.9. The lowest BCUT2D eigenvalue weighted by Crippen LogP contribution is -2.07. The third-order valence-electron chi connectivity index (χ3n) is 4.68. The minimum atomic E-state index is -4.50. The van der Waals surface area contributed by atoms with Crippen molar-refractivity contribution < 1.29 is 17.6 Å². The van der Waals surface area contributed by atoms with Gasteiger partial charge in [-0.05, 0) is 53.4 Å². The summed E-state index contributed by atoms with van der Waals surface area (Å²) in [6.45, 7) is 0. The highest BCUT2D eigenvalue weighted by atomic mass is 19.4. The van der Waals surface area contributed by atoms with Gasteiger partial charge in [0.15, 0.2) is 0 Å². The summed E-state index contributed by atoms with van der Waals surface area (Å²) in [6.07, 6.45) is 3.42. The molecule has 4 rings (SSSR count). The van der Waals surface area contributed by atoms with Gasteiger partial charge < -0.3 is 4.98 Å². The first kappa shape index (κ1) is 19.0. The molecule has 0 spiro atoms. The van der Waals surface area contributed by atoms with Gasteiger partial charge in [-0.25, -0.2) is 19.3 Å². The highest BCUT2D eigenvalue weighted by Gasteiger charge is 2.31. The summed E-state index contributed by atoms with van der Waals surface area (Å²) in [5.41, 5.74) is 1.90. The van der Waals surface area contributed by atoms with Crippen molar-refractivity contribution in [3.63, 3.8) is 0 Å². The smallest absolute Gasteiger partial charge is 0.346 e. The molecule has 0 aliphatic rings. The Morgan fingerprint density at radius 2 is 1.72 bits per heavy atom. The first-order chi connectivity index (χ1) is 13.9. The molecule has 0 aliphatic carbocycles. The number of benzene rings is 1. The number of aromatic amines is 1. The predicted molar refractivity (Wildman–Crippen MR) is 99.7 cm³/mol. The number of H-pyrrole nitrogens is 1. The molecule has 3 heterocycles. The molecule has 29 heavy (non-hydrogen) atoms. The van der Waals surface area contributed by atoms with Crippen molar-refractivity contribution in [2.24, 2.45) is 0 Å². The highest BCUT2D eigenvalue weighted by Crippen LogP contribution is 2.30. The molecule has 0 unspecified atom stereocenters. The van der Waals surface area contributed by atoms with Crippen molar-refractivity contribution in [2.75, 3.05) is 0 Å². The average Bonchev–Trinajstić information content (AvgIpc) is 3.10. The van der Waals surface area contributed by atoms with Crippen molar-refractivity contribution in [3.8, 4) is 0 Å². The van der Waals surface area contributed by atoms with Gasteiger partial charge in [0.2, 0.25) is 0 Å². The summed E-state index contributed by atoms with van der Waals surface area (Å²) in [7, 11) is 0. The Labute approximate surface area is 163 Å².